The van der Waals surface area contributed by atoms with E-state index in [9.17, 15) is 61.0 Å². The van der Waals surface area contributed by atoms with E-state index < -0.39 is 124 Å². The fourth-order valence-corrected chi connectivity index (χ4v) is 12.2. The summed E-state index contributed by atoms with van der Waals surface area (Å²) < 4.78 is 34.1. The van der Waals surface area contributed by atoms with Crippen LogP contribution in [0.5, 0.6) is 0 Å². The molecule has 88 heavy (non-hydrogen) atoms. The van der Waals surface area contributed by atoms with Gasteiger partial charge in [-0.1, -0.05) is 250 Å². The average molecular weight is 1260 g/mol. The van der Waals surface area contributed by atoms with Crippen molar-refractivity contribution in [1.82, 2.24) is 5.32 Å². The number of hydrogen-bond acceptors (Lipinski definition) is 18. The molecule has 17 atom stereocenters. The first-order valence-electron chi connectivity index (χ1n) is 35.6. The van der Waals surface area contributed by atoms with Gasteiger partial charge in [0, 0.05) is 6.42 Å². The number of ether oxygens (including phenoxy) is 6. The molecule has 3 rings (SSSR count). The molecule has 0 aromatic rings. The zero-order chi connectivity index (χ0) is 64.0. The standard InChI is InChI=1S/C69H129NO18/c1-3-5-7-9-10-11-12-13-14-15-16-17-18-19-20-21-22-23-24-25-26-27-28-29-30-31-32-33-34-35-36-37-38-39-40-41-42-43-45-47-57(75)70-52(53(74)46-44-8-6-4-2)51-83-67-63(81)60(78)65(55(49-72)85-67)88-69-64(82)61(79)66(56(50-73)86-69)87-68-62(80)59(77)58(76)54(48-71)84-68/h12-13,15-16,52-56,58-69,71-74,76-82H,3-11,14,17-51H2,1-2H3,(H,70,75)/b13-12-,16-15-. The summed E-state index contributed by atoms with van der Waals surface area (Å²) in [6.07, 6.45) is 32.8. The van der Waals surface area contributed by atoms with Crippen LogP contribution >= 0.6 is 0 Å². The molecule has 518 valence electrons. The molecule has 12 N–H and O–H groups in total. The normalized spacial score (nSPS) is 28.5. The predicted molar refractivity (Wildman–Crippen MR) is 342 cm³/mol. The molecule has 0 aromatic carbocycles. The summed E-state index contributed by atoms with van der Waals surface area (Å²) in [6, 6.07) is -0.879. The summed E-state index contributed by atoms with van der Waals surface area (Å²) in [5, 5.41) is 120. The number of amides is 1. The van der Waals surface area contributed by atoms with Crippen LogP contribution in [-0.4, -0.2) is 193 Å². The van der Waals surface area contributed by atoms with Crippen LogP contribution in [-0.2, 0) is 33.2 Å². The molecule has 3 saturated heterocycles. The molecule has 19 nitrogen and oxygen atoms in total. The highest BCUT2D eigenvalue weighted by Gasteiger charge is 2.53. The van der Waals surface area contributed by atoms with Gasteiger partial charge in [-0.15, -0.1) is 0 Å². The highest BCUT2D eigenvalue weighted by molar-refractivity contribution is 5.76. The van der Waals surface area contributed by atoms with Gasteiger partial charge in [-0.05, 0) is 44.9 Å². The largest absolute Gasteiger partial charge is 0.394 e. The molecule has 3 aliphatic rings. The molecule has 0 aromatic heterocycles. The van der Waals surface area contributed by atoms with E-state index in [0.717, 1.165) is 44.9 Å². The molecule has 0 bridgehead atoms. The Kier molecular flexibility index (Phi) is 47.3. The summed E-state index contributed by atoms with van der Waals surface area (Å²) >= 11 is 0. The van der Waals surface area contributed by atoms with E-state index in [4.69, 9.17) is 28.4 Å². The number of unbranched alkanes of at least 4 members (excludes halogenated alkanes) is 35. The topological polar surface area (TPSA) is 307 Å². The van der Waals surface area contributed by atoms with Crippen LogP contribution in [0.3, 0.4) is 0 Å². The maximum atomic E-state index is 13.2. The average Bonchev–Trinajstić information content (AvgIpc) is 1.13. The van der Waals surface area contributed by atoms with Crippen molar-refractivity contribution in [1.29, 1.82) is 0 Å². The summed E-state index contributed by atoms with van der Waals surface area (Å²) in [6.45, 7) is 1.66. The van der Waals surface area contributed by atoms with Crippen molar-refractivity contribution in [2.75, 3.05) is 26.4 Å². The van der Waals surface area contributed by atoms with Gasteiger partial charge in [-0.25, -0.2) is 0 Å². The SMILES string of the molecule is CCCCCCC/C=C\C/C=C\CCCCCCCCCCCCCCCCCCCCCCCCCCCCCC(=O)NC(COC1OC(CO)C(OC2OC(CO)C(OC3OC(CO)C(O)C(O)C3O)C(O)C2O)C(O)C1O)C(O)CCCCCC. The zero-order valence-electron chi connectivity index (χ0n) is 54.7. The molecule has 3 fully saturated rings. The fraction of sp³-hybridized carbons (Fsp3) is 0.928. The van der Waals surface area contributed by atoms with Crippen molar-refractivity contribution < 1.29 is 89.4 Å². The molecular weight excluding hydrogens is 1130 g/mol. The molecule has 19 heteroatoms. The third-order valence-corrected chi connectivity index (χ3v) is 18.0. The van der Waals surface area contributed by atoms with Gasteiger partial charge in [0.2, 0.25) is 5.91 Å². The molecule has 3 heterocycles. The number of rotatable bonds is 55. The number of aliphatic hydroxyl groups excluding tert-OH is 11. The van der Waals surface area contributed by atoms with E-state index in [1.54, 1.807) is 0 Å². The minimum Gasteiger partial charge on any atom is -0.394 e. The maximum absolute atomic E-state index is 13.2. The van der Waals surface area contributed by atoms with E-state index in [2.05, 4.69) is 43.5 Å². The van der Waals surface area contributed by atoms with Crippen LogP contribution in [0.1, 0.15) is 277 Å². The van der Waals surface area contributed by atoms with Gasteiger partial charge in [0.05, 0.1) is 38.6 Å². The molecule has 17 unspecified atom stereocenters. The first-order valence-corrected chi connectivity index (χ1v) is 35.6. The van der Waals surface area contributed by atoms with Crippen molar-refractivity contribution >= 4 is 5.91 Å². The Bertz CT molecular complexity index is 1690. The van der Waals surface area contributed by atoms with Crippen molar-refractivity contribution in [3.8, 4) is 0 Å². The summed E-state index contributed by atoms with van der Waals surface area (Å²) in [7, 11) is 0. The Morgan fingerprint density at radius 2 is 0.750 bits per heavy atom. The van der Waals surface area contributed by atoms with Crippen LogP contribution in [0.4, 0.5) is 0 Å². The first kappa shape index (κ1) is 80.5. The van der Waals surface area contributed by atoms with Gasteiger partial charge >= 0.3 is 0 Å². The Balaban J connectivity index is 1.19. The molecular formula is C69H129NO18. The summed E-state index contributed by atoms with van der Waals surface area (Å²) in [5.41, 5.74) is 0. The molecule has 1 amide bonds. The zero-order valence-corrected chi connectivity index (χ0v) is 54.7. The quantitative estimate of drug-likeness (QED) is 0.0199. The van der Waals surface area contributed by atoms with Crippen molar-refractivity contribution in [2.24, 2.45) is 0 Å². The third-order valence-electron chi connectivity index (χ3n) is 18.0. The monoisotopic (exact) mass is 1260 g/mol. The second-order valence-electron chi connectivity index (χ2n) is 25.7. The second kappa shape index (κ2) is 51.7. The minimum atomic E-state index is -1.97. The lowest BCUT2D eigenvalue weighted by Gasteiger charge is -2.48. The van der Waals surface area contributed by atoms with Gasteiger partial charge in [-0.3, -0.25) is 4.79 Å². The maximum Gasteiger partial charge on any atom is 0.220 e. The van der Waals surface area contributed by atoms with Crippen molar-refractivity contribution in [2.45, 2.75) is 381 Å². The molecule has 0 spiro atoms. The fourth-order valence-electron chi connectivity index (χ4n) is 12.2. The van der Waals surface area contributed by atoms with Crippen molar-refractivity contribution in [3.05, 3.63) is 24.3 Å². The summed E-state index contributed by atoms with van der Waals surface area (Å²) in [4.78, 5) is 13.2. The van der Waals surface area contributed by atoms with Gasteiger partial charge in [-0.2, -0.15) is 0 Å². The molecule has 0 radical (unpaired) electrons. The lowest BCUT2D eigenvalue weighted by atomic mass is 9.96. The highest BCUT2D eigenvalue weighted by Crippen LogP contribution is 2.33. The van der Waals surface area contributed by atoms with Crippen LogP contribution in [0.15, 0.2) is 24.3 Å². The van der Waals surface area contributed by atoms with Crippen LogP contribution < -0.4 is 5.32 Å². The number of carbonyl (C=O) groups excluding carboxylic acids is 1. The Morgan fingerprint density at radius 3 is 1.16 bits per heavy atom. The number of carbonyl (C=O) groups is 1. The van der Waals surface area contributed by atoms with Crippen LogP contribution in [0.25, 0.3) is 0 Å². The summed E-state index contributed by atoms with van der Waals surface area (Å²) in [5.74, 6) is -0.247. The molecule has 0 saturated carbocycles. The third kappa shape index (κ3) is 33.4. The van der Waals surface area contributed by atoms with Crippen molar-refractivity contribution in [3.63, 3.8) is 0 Å². The van der Waals surface area contributed by atoms with Gasteiger partial charge in [0.15, 0.2) is 18.9 Å². The van der Waals surface area contributed by atoms with Gasteiger partial charge < -0.3 is 89.9 Å². The van der Waals surface area contributed by atoms with E-state index >= 15 is 0 Å². The van der Waals surface area contributed by atoms with E-state index in [0.29, 0.717) is 19.3 Å². The van der Waals surface area contributed by atoms with Crippen LogP contribution in [0, 0.1) is 0 Å². The van der Waals surface area contributed by atoms with Crippen LogP contribution in [0.2, 0.25) is 0 Å². The molecule has 3 aliphatic heterocycles. The van der Waals surface area contributed by atoms with E-state index in [-0.39, 0.29) is 18.9 Å². The number of aliphatic hydroxyl groups is 11. The first-order chi connectivity index (χ1) is 42.8. The van der Waals surface area contributed by atoms with Gasteiger partial charge in [0.25, 0.3) is 0 Å². The lowest BCUT2D eigenvalue weighted by molar-refractivity contribution is -0.379. The lowest BCUT2D eigenvalue weighted by Crippen LogP contribution is -2.66. The van der Waals surface area contributed by atoms with Gasteiger partial charge in [0.1, 0.15) is 73.2 Å². The highest BCUT2D eigenvalue weighted by atomic mass is 16.8. The van der Waals surface area contributed by atoms with E-state index in [1.807, 2.05) is 0 Å². The number of nitrogens with one attached hydrogen (secondary N) is 1. The molecule has 0 aliphatic carbocycles. The minimum absolute atomic E-state index is 0.247. The van der Waals surface area contributed by atoms with E-state index in [1.165, 1.54) is 193 Å². The second-order valence-corrected chi connectivity index (χ2v) is 25.7. The number of hydrogen-bond donors (Lipinski definition) is 12. The Morgan fingerprint density at radius 1 is 0.409 bits per heavy atom. The predicted octanol–water partition coefficient (Wildman–Crippen LogP) is 9.44. The Labute approximate surface area is 530 Å². The Hall–Kier alpha value is -1.73. The number of allylic oxidation sites excluding steroid dienone is 4. The smallest absolute Gasteiger partial charge is 0.220 e.